The summed E-state index contributed by atoms with van der Waals surface area (Å²) in [5.74, 6) is 0.0743. The van der Waals surface area contributed by atoms with E-state index >= 15 is 0 Å². The highest BCUT2D eigenvalue weighted by atomic mass is 32.2. The van der Waals surface area contributed by atoms with Crippen LogP contribution in [0.4, 0.5) is 5.69 Å². The summed E-state index contributed by atoms with van der Waals surface area (Å²) in [6.45, 7) is 4.20. The molecule has 0 aliphatic carbocycles. The first-order valence-electron chi connectivity index (χ1n) is 9.06. The van der Waals surface area contributed by atoms with E-state index in [0.717, 1.165) is 5.56 Å². The average Bonchev–Trinajstić information content (AvgIpc) is 2.68. The minimum absolute atomic E-state index is 0.136. The van der Waals surface area contributed by atoms with Crippen LogP contribution in [-0.2, 0) is 10.0 Å². The maximum atomic E-state index is 13.0. The molecular formula is C20H25N3O4S. The number of likely N-dealkylation sites (N-methyl/N-ethyl adjacent to an activating group) is 1. The highest BCUT2D eigenvalue weighted by Gasteiger charge is 2.28. The molecule has 1 fully saturated rings. The Hall–Kier alpha value is -2.42. The van der Waals surface area contributed by atoms with E-state index in [1.807, 2.05) is 26.1 Å². The van der Waals surface area contributed by atoms with Gasteiger partial charge in [0, 0.05) is 31.7 Å². The van der Waals surface area contributed by atoms with Crippen LogP contribution in [0.15, 0.2) is 47.4 Å². The minimum Gasteiger partial charge on any atom is -0.495 e. The Balaban J connectivity index is 1.87. The van der Waals surface area contributed by atoms with Gasteiger partial charge in [0.15, 0.2) is 0 Å². The van der Waals surface area contributed by atoms with Gasteiger partial charge in [-0.25, -0.2) is 8.42 Å². The normalized spacial score (nSPS) is 16.0. The van der Waals surface area contributed by atoms with E-state index in [1.54, 1.807) is 18.2 Å². The molecule has 1 aliphatic rings. The Morgan fingerprint density at radius 2 is 1.68 bits per heavy atom. The Morgan fingerprint density at radius 3 is 2.29 bits per heavy atom. The van der Waals surface area contributed by atoms with E-state index in [4.69, 9.17) is 4.74 Å². The zero-order chi connectivity index (χ0) is 20.3. The molecule has 2 aromatic rings. The number of sulfonamides is 1. The number of hydrogen-bond donors (Lipinski definition) is 1. The van der Waals surface area contributed by atoms with Crippen molar-refractivity contribution in [1.82, 2.24) is 9.21 Å². The van der Waals surface area contributed by atoms with Crippen LogP contribution in [0.5, 0.6) is 5.75 Å². The number of anilines is 1. The fourth-order valence-corrected chi connectivity index (χ4v) is 4.47. The van der Waals surface area contributed by atoms with Crippen LogP contribution in [0.2, 0.25) is 0 Å². The molecule has 3 rings (SSSR count). The van der Waals surface area contributed by atoms with Crippen LogP contribution < -0.4 is 10.1 Å². The number of piperazine rings is 1. The molecule has 0 unspecified atom stereocenters. The third kappa shape index (κ3) is 4.35. The van der Waals surface area contributed by atoms with E-state index in [9.17, 15) is 13.2 Å². The lowest BCUT2D eigenvalue weighted by molar-refractivity contribution is 0.102. The molecule has 8 heteroatoms. The lowest BCUT2D eigenvalue weighted by Gasteiger charge is -2.31. The standard InChI is InChI=1S/C20H25N3O4S/c1-15-4-6-16(7-5-15)20(24)21-18-14-17(8-9-19(18)27-3)28(25,26)23-12-10-22(2)11-13-23/h4-9,14H,10-13H2,1-3H3,(H,21,24). The van der Waals surface area contributed by atoms with Gasteiger partial charge in [0.1, 0.15) is 5.75 Å². The van der Waals surface area contributed by atoms with Gasteiger partial charge in [-0.3, -0.25) is 4.79 Å². The highest BCUT2D eigenvalue weighted by molar-refractivity contribution is 7.89. The molecule has 0 bridgehead atoms. The third-order valence-corrected chi connectivity index (χ3v) is 6.73. The zero-order valence-electron chi connectivity index (χ0n) is 16.3. The molecule has 2 aromatic carbocycles. The van der Waals surface area contributed by atoms with Gasteiger partial charge in [-0.05, 0) is 44.3 Å². The van der Waals surface area contributed by atoms with Crippen LogP contribution in [-0.4, -0.2) is 63.9 Å². The Labute approximate surface area is 166 Å². The molecule has 7 nitrogen and oxygen atoms in total. The molecule has 0 atom stereocenters. The van der Waals surface area contributed by atoms with E-state index < -0.39 is 10.0 Å². The number of benzene rings is 2. The first kappa shape index (κ1) is 20.3. The average molecular weight is 404 g/mol. The van der Waals surface area contributed by atoms with Crippen LogP contribution in [0, 0.1) is 6.92 Å². The molecular weight excluding hydrogens is 378 g/mol. The Morgan fingerprint density at radius 1 is 1.04 bits per heavy atom. The first-order valence-corrected chi connectivity index (χ1v) is 10.5. The number of hydrogen-bond acceptors (Lipinski definition) is 5. The molecule has 0 saturated carbocycles. The predicted octanol–water partition coefficient (Wildman–Crippen LogP) is 2.19. The molecule has 0 aromatic heterocycles. The second kappa shape index (κ2) is 8.30. The molecule has 1 N–H and O–H groups in total. The van der Waals surface area contributed by atoms with Crippen molar-refractivity contribution in [3.63, 3.8) is 0 Å². The first-order chi connectivity index (χ1) is 13.3. The van der Waals surface area contributed by atoms with Crippen molar-refractivity contribution >= 4 is 21.6 Å². The Bertz CT molecular complexity index is 950. The summed E-state index contributed by atoms with van der Waals surface area (Å²) < 4.78 is 32.8. The number of carbonyl (C=O) groups excluding carboxylic acids is 1. The largest absolute Gasteiger partial charge is 0.495 e. The SMILES string of the molecule is COc1ccc(S(=O)(=O)N2CCN(C)CC2)cc1NC(=O)c1ccc(C)cc1. The molecule has 0 spiro atoms. The number of aryl methyl sites for hydroxylation is 1. The second-order valence-corrected chi connectivity index (χ2v) is 8.83. The zero-order valence-corrected chi connectivity index (χ0v) is 17.1. The molecule has 150 valence electrons. The maximum Gasteiger partial charge on any atom is 0.255 e. The fourth-order valence-electron chi connectivity index (χ4n) is 3.02. The number of rotatable bonds is 5. The van der Waals surface area contributed by atoms with Gasteiger partial charge in [0.25, 0.3) is 5.91 Å². The van der Waals surface area contributed by atoms with Gasteiger partial charge in [0.05, 0.1) is 17.7 Å². The summed E-state index contributed by atoms with van der Waals surface area (Å²) in [4.78, 5) is 14.8. The lowest BCUT2D eigenvalue weighted by Crippen LogP contribution is -2.47. The van der Waals surface area contributed by atoms with Crippen LogP contribution in [0.1, 0.15) is 15.9 Å². The smallest absolute Gasteiger partial charge is 0.255 e. The third-order valence-electron chi connectivity index (χ3n) is 4.83. The minimum atomic E-state index is -3.64. The summed E-state index contributed by atoms with van der Waals surface area (Å²) in [6.07, 6.45) is 0. The number of ether oxygens (including phenoxy) is 1. The van der Waals surface area contributed by atoms with Crippen LogP contribution in [0.25, 0.3) is 0 Å². The highest BCUT2D eigenvalue weighted by Crippen LogP contribution is 2.29. The second-order valence-electron chi connectivity index (χ2n) is 6.89. The summed E-state index contributed by atoms with van der Waals surface area (Å²) in [6, 6.07) is 11.7. The van der Waals surface area contributed by atoms with Gasteiger partial charge in [-0.2, -0.15) is 4.31 Å². The number of nitrogens with zero attached hydrogens (tertiary/aromatic N) is 2. The monoisotopic (exact) mass is 403 g/mol. The fraction of sp³-hybridized carbons (Fsp3) is 0.350. The van der Waals surface area contributed by atoms with E-state index in [-0.39, 0.29) is 10.8 Å². The predicted molar refractivity (Wildman–Crippen MR) is 108 cm³/mol. The van der Waals surface area contributed by atoms with Crippen molar-refractivity contribution in [1.29, 1.82) is 0 Å². The van der Waals surface area contributed by atoms with Crippen molar-refractivity contribution in [3.05, 3.63) is 53.6 Å². The van der Waals surface area contributed by atoms with Gasteiger partial charge in [-0.1, -0.05) is 17.7 Å². The van der Waals surface area contributed by atoms with Crippen LogP contribution in [0.3, 0.4) is 0 Å². The number of nitrogens with one attached hydrogen (secondary N) is 1. The topological polar surface area (TPSA) is 79.0 Å². The lowest BCUT2D eigenvalue weighted by atomic mass is 10.1. The molecule has 28 heavy (non-hydrogen) atoms. The van der Waals surface area contributed by atoms with Crippen molar-refractivity contribution in [2.75, 3.05) is 45.7 Å². The van der Waals surface area contributed by atoms with Gasteiger partial charge in [0.2, 0.25) is 10.0 Å². The summed E-state index contributed by atoms with van der Waals surface area (Å²) >= 11 is 0. The molecule has 1 saturated heterocycles. The summed E-state index contributed by atoms with van der Waals surface area (Å²) in [5.41, 5.74) is 1.86. The summed E-state index contributed by atoms with van der Waals surface area (Å²) in [5, 5.41) is 2.76. The van der Waals surface area contributed by atoms with Crippen molar-refractivity contribution in [3.8, 4) is 5.75 Å². The summed E-state index contributed by atoms with van der Waals surface area (Å²) in [7, 11) is -0.193. The molecule has 1 amide bonds. The number of amides is 1. The molecule has 0 radical (unpaired) electrons. The maximum absolute atomic E-state index is 13.0. The number of carbonyl (C=O) groups is 1. The van der Waals surface area contributed by atoms with E-state index in [2.05, 4.69) is 10.2 Å². The van der Waals surface area contributed by atoms with Crippen LogP contribution >= 0.6 is 0 Å². The van der Waals surface area contributed by atoms with Gasteiger partial charge >= 0.3 is 0 Å². The van der Waals surface area contributed by atoms with E-state index in [1.165, 1.54) is 23.5 Å². The van der Waals surface area contributed by atoms with E-state index in [0.29, 0.717) is 43.2 Å². The molecule has 1 aliphatic heterocycles. The van der Waals surface area contributed by atoms with Gasteiger partial charge in [-0.15, -0.1) is 0 Å². The van der Waals surface area contributed by atoms with Crippen molar-refractivity contribution < 1.29 is 17.9 Å². The Kier molecular flexibility index (Phi) is 6.02. The van der Waals surface area contributed by atoms with Gasteiger partial charge < -0.3 is 15.0 Å². The number of methoxy groups -OCH3 is 1. The van der Waals surface area contributed by atoms with Crippen molar-refractivity contribution in [2.45, 2.75) is 11.8 Å². The molecule has 1 heterocycles. The quantitative estimate of drug-likeness (QED) is 0.828. The van der Waals surface area contributed by atoms with Crippen molar-refractivity contribution in [2.24, 2.45) is 0 Å².